The molecule has 1 atom stereocenters. The van der Waals surface area contributed by atoms with Crippen molar-refractivity contribution in [2.24, 2.45) is 0 Å². The van der Waals surface area contributed by atoms with Crippen molar-refractivity contribution in [2.45, 2.75) is 45.6 Å². The van der Waals surface area contributed by atoms with Crippen LogP contribution in [0.3, 0.4) is 0 Å². The Hall–Kier alpha value is -2.05. The van der Waals surface area contributed by atoms with Gasteiger partial charge in [0.25, 0.3) is 0 Å². The van der Waals surface area contributed by atoms with Crippen molar-refractivity contribution in [1.29, 1.82) is 0 Å². The Morgan fingerprint density at radius 3 is 2.81 bits per heavy atom. The van der Waals surface area contributed by atoms with Gasteiger partial charge in [-0.05, 0) is 37.9 Å². The van der Waals surface area contributed by atoms with Gasteiger partial charge in [0.1, 0.15) is 5.82 Å². The molecule has 0 spiro atoms. The normalized spacial score (nSPS) is 16.9. The van der Waals surface area contributed by atoms with Gasteiger partial charge in [0.05, 0.1) is 16.3 Å². The maximum absolute atomic E-state index is 6.23. The summed E-state index contributed by atoms with van der Waals surface area (Å²) in [6.45, 7) is 7.21. The zero-order valence-corrected chi connectivity index (χ0v) is 16.9. The second-order valence-electron chi connectivity index (χ2n) is 7.06. The molecule has 2 heterocycles. The van der Waals surface area contributed by atoms with Crippen molar-refractivity contribution in [3.63, 3.8) is 0 Å². The third kappa shape index (κ3) is 4.45. The average molecular weight is 389 g/mol. The van der Waals surface area contributed by atoms with Crippen LogP contribution >= 0.6 is 11.6 Å². The molecule has 1 saturated heterocycles. The molecule has 3 rings (SSSR count). The summed E-state index contributed by atoms with van der Waals surface area (Å²) in [4.78, 5) is 11.9. The molecule has 27 heavy (non-hydrogen) atoms. The second-order valence-corrected chi connectivity index (χ2v) is 7.47. The van der Waals surface area contributed by atoms with Gasteiger partial charge < -0.3 is 21.7 Å². The fourth-order valence-electron chi connectivity index (χ4n) is 3.53. The number of unbranched alkanes of at least 4 members (excludes halogenated alkanes) is 1. The lowest BCUT2D eigenvalue weighted by molar-refractivity contribution is 0.571. The maximum Gasteiger partial charge on any atom is 0.166 e. The fraction of sp³-hybridized carbons (Fsp3) is 0.500. The molecular formula is C20H29ClN6. The quantitative estimate of drug-likeness (QED) is 0.628. The minimum atomic E-state index is 0.433. The highest BCUT2D eigenvalue weighted by Crippen LogP contribution is 2.36. The molecule has 1 fully saturated rings. The summed E-state index contributed by atoms with van der Waals surface area (Å²) in [6, 6.07) is 6.06. The monoisotopic (exact) mass is 388 g/mol. The van der Waals surface area contributed by atoms with Crippen LogP contribution in [0.15, 0.2) is 18.2 Å². The Balaban J connectivity index is 2.01. The predicted octanol–water partition coefficient (Wildman–Crippen LogP) is 3.49. The minimum Gasteiger partial charge on any atom is -0.398 e. The second kappa shape index (κ2) is 8.76. The van der Waals surface area contributed by atoms with E-state index in [4.69, 9.17) is 33.0 Å². The van der Waals surface area contributed by atoms with Gasteiger partial charge in [-0.25, -0.2) is 9.97 Å². The van der Waals surface area contributed by atoms with Gasteiger partial charge in [0.15, 0.2) is 5.82 Å². The molecule has 1 aromatic carbocycles. The molecule has 146 valence electrons. The van der Waals surface area contributed by atoms with Gasteiger partial charge in [-0.2, -0.15) is 0 Å². The molecule has 7 heteroatoms. The molecule has 1 unspecified atom stereocenters. The molecule has 0 saturated carbocycles. The van der Waals surface area contributed by atoms with Crippen molar-refractivity contribution < 1.29 is 0 Å². The van der Waals surface area contributed by atoms with Gasteiger partial charge in [0.2, 0.25) is 0 Å². The molecule has 6 nitrogen and oxygen atoms in total. The first kappa shape index (κ1) is 19.7. The van der Waals surface area contributed by atoms with E-state index in [1.807, 2.05) is 0 Å². The molecule has 0 radical (unpaired) electrons. The number of hydrogen-bond acceptors (Lipinski definition) is 6. The Morgan fingerprint density at radius 1 is 1.26 bits per heavy atom. The van der Waals surface area contributed by atoms with Crippen LogP contribution < -0.4 is 21.7 Å². The third-order valence-corrected chi connectivity index (χ3v) is 5.33. The molecular weight excluding hydrogens is 360 g/mol. The highest BCUT2D eigenvalue weighted by Gasteiger charge is 2.24. The summed E-state index contributed by atoms with van der Waals surface area (Å²) in [5.74, 6) is 1.49. The first-order valence-electron chi connectivity index (χ1n) is 9.73. The molecule has 0 bridgehead atoms. The summed E-state index contributed by atoms with van der Waals surface area (Å²) in [7, 11) is 0. The lowest BCUT2D eigenvalue weighted by atomic mass is 10.1. The van der Waals surface area contributed by atoms with Crippen LogP contribution in [-0.4, -0.2) is 35.6 Å². The van der Waals surface area contributed by atoms with Gasteiger partial charge in [-0.15, -0.1) is 0 Å². The molecule has 5 N–H and O–H groups in total. The number of hydrogen-bond donors (Lipinski definition) is 3. The number of aromatic nitrogens is 2. The molecule has 0 aliphatic carbocycles. The van der Waals surface area contributed by atoms with E-state index in [1.54, 1.807) is 12.1 Å². The van der Waals surface area contributed by atoms with Gasteiger partial charge in [-0.3, -0.25) is 0 Å². The van der Waals surface area contributed by atoms with Crippen LogP contribution in [0.25, 0.3) is 11.4 Å². The number of nitrogen functional groups attached to an aromatic ring is 2. The lowest BCUT2D eigenvalue weighted by Crippen LogP contribution is -2.32. The van der Waals surface area contributed by atoms with Crippen molar-refractivity contribution in [3.05, 3.63) is 28.9 Å². The first-order valence-corrected chi connectivity index (χ1v) is 10.1. The Bertz CT molecular complexity index is 794. The van der Waals surface area contributed by atoms with Crippen LogP contribution in [-0.2, 0) is 6.42 Å². The van der Waals surface area contributed by atoms with Crippen LogP contribution in [0.1, 0.15) is 38.8 Å². The van der Waals surface area contributed by atoms with Crippen LogP contribution in [0.5, 0.6) is 0 Å². The lowest BCUT2D eigenvalue weighted by Gasteiger charge is -2.20. The number of anilines is 3. The van der Waals surface area contributed by atoms with Crippen LogP contribution in [0.2, 0.25) is 5.02 Å². The Kier molecular flexibility index (Phi) is 6.39. The van der Waals surface area contributed by atoms with Gasteiger partial charge in [0, 0.05) is 36.6 Å². The van der Waals surface area contributed by atoms with E-state index in [9.17, 15) is 0 Å². The van der Waals surface area contributed by atoms with E-state index in [1.165, 1.54) is 0 Å². The van der Waals surface area contributed by atoms with E-state index in [0.29, 0.717) is 33.8 Å². The fourth-order valence-corrected chi connectivity index (χ4v) is 3.68. The van der Waals surface area contributed by atoms with Crippen molar-refractivity contribution >= 4 is 28.8 Å². The van der Waals surface area contributed by atoms with Crippen molar-refractivity contribution in [3.8, 4) is 11.4 Å². The first-order chi connectivity index (χ1) is 13.0. The Labute approximate surface area is 166 Å². The van der Waals surface area contributed by atoms with E-state index in [-0.39, 0.29) is 0 Å². The number of aryl methyl sites for hydroxylation is 1. The molecule has 0 amide bonds. The minimum absolute atomic E-state index is 0.433. The average Bonchev–Trinajstić information content (AvgIpc) is 3.12. The van der Waals surface area contributed by atoms with E-state index in [0.717, 1.165) is 56.8 Å². The van der Waals surface area contributed by atoms with E-state index >= 15 is 0 Å². The largest absolute Gasteiger partial charge is 0.398 e. The highest BCUT2D eigenvalue weighted by molar-refractivity contribution is 6.34. The standard InChI is InChI=1S/C20H29ClN6/c1-3-5-6-13-11-17(27-10-9-14(12-27)24-4-2)26-20(25-13)18-16(22)8-7-15(21)19(18)23/h7-8,11,14,24H,3-6,9-10,12,22-23H2,1-2H3. The van der Waals surface area contributed by atoms with Crippen LogP contribution in [0, 0.1) is 0 Å². The van der Waals surface area contributed by atoms with Crippen LogP contribution in [0.4, 0.5) is 17.2 Å². The SMILES string of the molecule is CCCCc1cc(N2CCC(NCC)C2)nc(-c2c(N)ccc(Cl)c2N)n1. The van der Waals surface area contributed by atoms with Crippen molar-refractivity contribution in [2.75, 3.05) is 36.0 Å². The number of halogens is 1. The molecule has 1 aromatic heterocycles. The summed E-state index contributed by atoms with van der Waals surface area (Å²) in [6.07, 6.45) is 4.21. The zero-order chi connectivity index (χ0) is 19.4. The number of likely N-dealkylation sites (N-methyl/N-ethyl adjacent to an activating group) is 1. The number of rotatable bonds is 7. The summed E-state index contributed by atoms with van der Waals surface area (Å²) >= 11 is 6.23. The van der Waals surface area contributed by atoms with Crippen molar-refractivity contribution in [1.82, 2.24) is 15.3 Å². The zero-order valence-electron chi connectivity index (χ0n) is 16.1. The predicted molar refractivity (Wildman–Crippen MR) is 114 cm³/mol. The number of nitrogens with zero attached hydrogens (tertiary/aromatic N) is 3. The van der Waals surface area contributed by atoms with Gasteiger partial charge in [-0.1, -0.05) is 31.9 Å². The Morgan fingerprint density at radius 2 is 2.07 bits per heavy atom. The number of nitrogens with two attached hydrogens (primary N) is 2. The molecule has 1 aliphatic heterocycles. The molecule has 1 aliphatic rings. The highest BCUT2D eigenvalue weighted by atomic mass is 35.5. The van der Waals surface area contributed by atoms with Gasteiger partial charge >= 0.3 is 0 Å². The van der Waals surface area contributed by atoms with E-state index < -0.39 is 0 Å². The number of benzene rings is 1. The smallest absolute Gasteiger partial charge is 0.166 e. The molecule has 2 aromatic rings. The topological polar surface area (TPSA) is 93.1 Å². The maximum atomic E-state index is 6.23. The summed E-state index contributed by atoms with van der Waals surface area (Å²) in [5, 5.41) is 3.99. The summed E-state index contributed by atoms with van der Waals surface area (Å²) in [5.41, 5.74) is 15.0. The third-order valence-electron chi connectivity index (χ3n) is 5.01. The summed E-state index contributed by atoms with van der Waals surface area (Å²) < 4.78 is 0. The van der Waals surface area contributed by atoms with E-state index in [2.05, 4.69) is 30.1 Å². The number of nitrogens with one attached hydrogen (secondary N) is 1.